The van der Waals surface area contributed by atoms with Crippen molar-refractivity contribution in [2.24, 2.45) is 0 Å². The SMILES string of the molecule is COc1ccc(-c2nc(CSc3nnc(N4CCOCC4)n3Cc3ccccc3)cs2)cc1. The van der Waals surface area contributed by atoms with Gasteiger partial charge < -0.3 is 14.4 Å². The lowest BCUT2D eigenvalue weighted by Crippen LogP contribution is -2.38. The van der Waals surface area contributed by atoms with Crippen molar-refractivity contribution in [3.8, 4) is 16.3 Å². The third-order valence-corrected chi connectivity index (χ3v) is 7.35. The molecule has 0 unspecified atom stereocenters. The summed E-state index contributed by atoms with van der Waals surface area (Å²) in [6.45, 7) is 3.82. The summed E-state index contributed by atoms with van der Waals surface area (Å²) in [6, 6.07) is 18.5. The Morgan fingerprint density at radius 2 is 1.82 bits per heavy atom. The number of morpholine rings is 1. The summed E-state index contributed by atoms with van der Waals surface area (Å²) in [7, 11) is 1.68. The molecule has 4 aromatic rings. The summed E-state index contributed by atoms with van der Waals surface area (Å²) in [5.41, 5.74) is 3.36. The van der Waals surface area contributed by atoms with Crippen molar-refractivity contribution in [2.45, 2.75) is 17.5 Å². The first-order valence-electron chi connectivity index (χ1n) is 10.8. The molecule has 0 bridgehead atoms. The standard InChI is InChI=1S/C24H25N5O2S2/c1-30-21-9-7-19(8-10-21)22-25-20(16-32-22)17-33-24-27-26-23(28-11-13-31-14-12-28)29(24)15-18-5-3-2-4-6-18/h2-10,16H,11-15,17H2,1H3. The minimum Gasteiger partial charge on any atom is -0.497 e. The number of hydrogen-bond acceptors (Lipinski definition) is 8. The van der Waals surface area contributed by atoms with Crippen LogP contribution in [0.4, 0.5) is 5.95 Å². The number of thiazole rings is 1. The van der Waals surface area contributed by atoms with E-state index in [-0.39, 0.29) is 0 Å². The number of rotatable bonds is 8. The predicted octanol–water partition coefficient (Wildman–Crippen LogP) is 4.59. The second kappa shape index (κ2) is 10.4. The van der Waals surface area contributed by atoms with Crippen LogP contribution < -0.4 is 9.64 Å². The molecule has 0 aliphatic carbocycles. The highest BCUT2D eigenvalue weighted by Gasteiger charge is 2.21. The smallest absolute Gasteiger partial charge is 0.228 e. The molecular formula is C24H25N5O2S2. The molecule has 0 N–H and O–H groups in total. The zero-order valence-corrected chi connectivity index (χ0v) is 20.0. The lowest BCUT2D eigenvalue weighted by atomic mass is 10.2. The molecule has 170 valence electrons. The zero-order valence-electron chi connectivity index (χ0n) is 18.4. The van der Waals surface area contributed by atoms with Gasteiger partial charge in [-0.1, -0.05) is 42.1 Å². The first-order chi connectivity index (χ1) is 16.3. The van der Waals surface area contributed by atoms with Crippen LogP contribution in [0.1, 0.15) is 11.3 Å². The first kappa shape index (κ1) is 21.9. The molecule has 0 amide bonds. The van der Waals surface area contributed by atoms with Gasteiger partial charge in [-0.2, -0.15) is 0 Å². The Labute approximate surface area is 201 Å². The second-order valence-corrected chi connectivity index (χ2v) is 9.42. The number of nitrogens with zero attached hydrogens (tertiary/aromatic N) is 5. The highest BCUT2D eigenvalue weighted by Crippen LogP contribution is 2.30. The maximum atomic E-state index is 5.52. The molecule has 0 spiro atoms. The van der Waals surface area contributed by atoms with Crippen LogP contribution in [-0.2, 0) is 17.0 Å². The van der Waals surface area contributed by atoms with Gasteiger partial charge in [0.05, 0.1) is 32.6 Å². The van der Waals surface area contributed by atoms with Crippen molar-refractivity contribution in [2.75, 3.05) is 38.3 Å². The minimum absolute atomic E-state index is 0.716. The van der Waals surface area contributed by atoms with Crippen LogP contribution >= 0.6 is 23.1 Å². The maximum Gasteiger partial charge on any atom is 0.228 e. The topological polar surface area (TPSA) is 65.3 Å². The summed E-state index contributed by atoms with van der Waals surface area (Å²) in [6.07, 6.45) is 0. The summed E-state index contributed by atoms with van der Waals surface area (Å²) < 4.78 is 13.0. The monoisotopic (exact) mass is 479 g/mol. The van der Waals surface area contributed by atoms with E-state index in [9.17, 15) is 0 Å². The molecule has 2 aromatic heterocycles. The van der Waals surface area contributed by atoms with Crippen molar-refractivity contribution in [3.05, 3.63) is 71.2 Å². The Hall–Kier alpha value is -2.88. The van der Waals surface area contributed by atoms with E-state index in [0.717, 1.165) is 58.5 Å². The number of hydrogen-bond donors (Lipinski definition) is 0. The number of benzene rings is 2. The summed E-state index contributed by atoms with van der Waals surface area (Å²) in [5, 5.41) is 13.1. The van der Waals surface area contributed by atoms with Crippen LogP contribution in [0.3, 0.4) is 0 Å². The molecule has 3 heterocycles. The molecule has 1 fully saturated rings. The molecule has 0 radical (unpaired) electrons. The molecule has 1 aliphatic heterocycles. The summed E-state index contributed by atoms with van der Waals surface area (Å²) >= 11 is 3.33. The Morgan fingerprint density at radius 3 is 2.58 bits per heavy atom. The van der Waals surface area contributed by atoms with E-state index >= 15 is 0 Å². The minimum atomic E-state index is 0.716. The third-order valence-electron chi connectivity index (χ3n) is 5.41. The maximum absolute atomic E-state index is 5.52. The van der Waals surface area contributed by atoms with E-state index in [1.807, 2.05) is 30.3 Å². The van der Waals surface area contributed by atoms with Gasteiger partial charge in [0.15, 0.2) is 5.16 Å². The molecule has 1 aliphatic rings. The first-order valence-corrected chi connectivity index (χ1v) is 12.7. The predicted molar refractivity (Wildman–Crippen MR) is 132 cm³/mol. The van der Waals surface area contributed by atoms with E-state index in [1.54, 1.807) is 30.2 Å². The van der Waals surface area contributed by atoms with Crippen molar-refractivity contribution in [1.82, 2.24) is 19.7 Å². The van der Waals surface area contributed by atoms with Gasteiger partial charge in [-0.25, -0.2) is 4.98 Å². The summed E-state index contributed by atoms with van der Waals surface area (Å²) in [4.78, 5) is 7.09. The molecule has 9 heteroatoms. The van der Waals surface area contributed by atoms with E-state index in [0.29, 0.717) is 13.2 Å². The van der Waals surface area contributed by atoms with E-state index < -0.39 is 0 Å². The fourth-order valence-corrected chi connectivity index (χ4v) is 5.42. The highest BCUT2D eigenvalue weighted by molar-refractivity contribution is 7.98. The molecule has 2 aromatic carbocycles. The zero-order chi connectivity index (χ0) is 22.5. The van der Waals surface area contributed by atoms with Gasteiger partial charge in [-0.05, 0) is 29.8 Å². The average molecular weight is 480 g/mol. The van der Waals surface area contributed by atoms with Crippen molar-refractivity contribution >= 4 is 29.0 Å². The molecule has 1 saturated heterocycles. The van der Waals surface area contributed by atoms with Crippen LogP contribution in [-0.4, -0.2) is 53.2 Å². The summed E-state index contributed by atoms with van der Waals surface area (Å²) in [5.74, 6) is 2.49. The van der Waals surface area contributed by atoms with Gasteiger partial charge in [0.1, 0.15) is 10.8 Å². The average Bonchev–Trinajstić information content (AvgIpc) is 3.51. The number of anilines is 1. The van der Waals surface area contributed by atoms with Gasteiger partial charge in [0, 0.05) is 29.8 Å². The second-order valence-electron chi connectivity index (χ2n) is 7.61. The van der Waals surface area contributed by atoms with E-state index in [2.05, 4.69) is 49.3 Å². The van der Waals surface area contributed by atoms with Gasteiger partial charge in [-0.3, -0.25) is 4.57 Å². The third kappa shape index (κ3) is 5.21. The van der Waals surface area contributed by atoms with Crippen molar-refractivity contribution in [3.63, 3.8) is 0 Å². The normalized spacial score (nSPS) is 13.9. The van der Waals surface area contributed by atoms with Crippen LogP contribution in [0.5, 0.6) is 5.75 Å². The van der Waals surface area contributed by atoms with Crippen LogP contribution in [0, 0.1) is 0 Å². The van der Waals surface area contributed by atoms with Gasteiger partial charge in [-0.15, -0.1) is 21.5 Å². The molecular weight excluding hydrogens is 454 g/mol. The quantitative estimate of drug-likeness (QED) is 0.343. The van der Waals surface area contributed by atoms with Gasteiger partial charge in [0.25, 0.3) is 0 Å². The molecule has 33 heavy (non-hydrogen) atoms. The van der Waals surface area contributed by atoms with Gasteiger partial charge >= 0.3 is 0 Å². The highest BCUT2D eigenvalue weighted by atomic mass is 32.2. The molecule has 0 atom stereocenters. The fraction of sp³-hybridized carbons (Fsp3) is 0.292. The Morgan fingerprint density at radius 1 is 1.03 bits per heavy atom. The van der Waals surface area contributed by atoms with Crippen molar-refractivity contribution < 1.29 is 9.47 Å². The Balaban J connectivity index is 1.33. The number of aromatic nitrogens is 4. The lowest BCUT2D eigenvalue weighted by molar-refractivity contribution is 0.121. The van der Waals surface area contributed by atoms with E-state index in [1.165, 1.54) is 5.56 Å². The van der Waals surface area contributed by atoms with Crippen molar-refractivity contribution in [1.29, 1.82) is 0 Å². The lowest BCUT2D eigenvalue weighted by Gasteiger charge is -2.28. The fourth-order valence-electron chi connectivity index (χ4n) is 3.67. The number of thioether (sulfide) groups is 1. The van der Waals surface area contributed by atoms with Gasteiger partial charge in [0.2, 0.25) is 5.95 Å². The molecule has 7 nitrogen and oxygen atoms in total. The van der Waals surface area contributed by atoms with E-state index in [4.69, 9.17) is 14.5 Å². The van der Waals surface area contributed by atoms with Crippen LogP contribution in [0.15, 0.2) is 65.1 Å². The number of methoxy groups -OCH3 is 1. The Bertz CT molecular complexity index is 1170. The number of ether oxygens (including phenoxy) is 2. The molecule has 0 saturated carbocycles. The Kier molecular flexibility index (Phi) is 6.89. The largest absolute Gasteiger partial charge is 0.497 e. The van der Waals surface area contributed by atoms with Crippen LogP contribution in [0.2, 0.25) is 0 Å². The van der Waals surface area contributed by atoms with Crippen LogP contribution in [0.25, 0.3) is 10.6 Å². The molecule has 5 rings (SSSR count).